The third-order valence-corrected chi connectivity index (χ3v) is 5.77. The molecule has 27 heavy (non-hydrogen) atoms. The average Bonchev–Trinajstić information content (AvgIpc) is 2.81. The molecule has 0 spiro atoms. The zero-order valence-corrected chi connectivity index (χ0v) is 15.2. The van der Waals surface area contributed by atoms with Gasteiger partial charge in [0.25, 0.3) is 0 Å². The lowest BCUT2D eigenvalue weighted by Gasteiger charge is -2.23. The maximum Gasteiger partial charge on any atom is 0.573 e. The molecule has 0 saturated heterocycles. The number of fused-ring (bicyclic) bond motifs is 1. The van der Waals surface area contributed by atoms with Crippen molar-refractivity contribution in [2.75, 3.05) is 28.7 Å². The van der Waals surface area contributed by atoms with Crippen LogP contribution in [0.2, 0.25) is 0 Å². The van der Waals surface area contributed by atoms with Crippen LogP contribution in [0.4, 0.5) is 30.2 Å². The van der Waals surface area contributed by atoms with Crippen LogP contribution in [-0.4, -0.2) is 34.9 Å². The molecule has 0 aliphatic carbocycles. The highest BCUT2D eigenvalue weighted by Gasteiger charge is 2.43. The van der Waals surface area contributed by atoms with Crippen LogP contribution in [0.15, 0.2) is 48.5 Å². The SMILES string of the molecule is CNCCCN1c2ccccc2N(c2ccccc2OC(F)(F)F)S1(=O)=O. The largest absolute Gasteiger partial charge is 0.573 e. The lowest BCUT2D eigenvalue weighted by Crippen LogP contribution is -2.37. The quantitative estimate of drug-likeness (QED) is 0.754. The minimum atomic E-state index is -4.94. The Labute approximate surface area is 155 Å². The molecule has 1 aliphatic heterocycles. The van der Waals surface area contributed by atoms with Gasteiger partial charge in [-0.2, -0.15) is 8.42 Å². The molecule has 1 heterocycles. The van der Waals surface area contributed by atoms with Crippen molar-refractivity contribution in [1.82, 2.24) is 5.32 Å². The average molecular weight is 401 g/mol. The normalized spacial score (nSPS) is 15.7. The van der Waals surface area contributed by atoms with Gasteiger partial charge in [-0.25, -0.2) is 4.31 Å². The number of halogens is 3. The van der Waals surface area contributed by atoms with Gasteiger partial charge in [0.05, 0.1) is 11.4 Å². The molecule has 0 amide bonds. The van der Waals surface area contributed by atoms with Crippen LogP contribution in [0, 0.1) is 0 Å². The number of hydrogen-bond donors (Lipinski definition) is 1. The number of para-hydroxylation sites is 4. The molecule has 0 saturated carbocycles. The van der Waals surface area contributed by atoms with E-state index in [0.717, 1.165) is 10.4 Å². The number of hydrogen-bond acceptors (Lipinski definition) is 4. The number of anilines is 3. The predicted octanol–water partition coefficient (Wildman–Crippen LogP) is 3.40. The van der Waals surface area contributed by atoms with E-state index in [1.165, 1.54) is 22.5 Å². The third kappa shape index (κ3) is 3.81. The van der Waals surface area contributed by atoms with Gasteiger partial charge in [0.2, 0.25) is 0 Å². The van der Waals surface area contributed by atoms with E-state index in [9.17, 15) is 21.6 Å². The van der Waals surface area contributed by atoms with Crippen molar-refractivity contribution in [1.29, 1.82) is 0 Å². The number of rotatable bonds is 6. The second-order valence-corrected chi connectivity index (χ2v) is 7.51. The van der Waals surface area contributed by atoms with E-state index in [1.807, 2.05) is 0 Å². The van der Waals surface area contributed by atoms with Crippen LogP contribution in [0.5, 0.6) is 5.75 Å². The van der Waals surface area contributed by atoms with Crippen molar-refractivity contribution in [3.05, 3.63) is 48.5 Å². The number of nitrogens with zero attached hydrogens (tertiary/aromatic N) is 2. The number of benzene rings is 2. The summed E-state index contributed by atoms with van der Waals surface area (Å²) in [5.41, 5.74) is 0.494. The zero-order valence-electron chi connectivity index (χ0n) is 14.4. The van der Waals surface area contributed by atoms with Crippen LogP contribution in [0.25, 0.3) is 0 Å². The van der Waals surface area contributed by atoms with Gasteiger partial charge in [0.15, 0.2) is 5.75 Å². The Balaban J connectivity index is 2.09. The van der Waals surface area contributed by atoms with Crippen molar-refractivity contribution in [2.24, 2.45) is 0 Å². The Morgan fingerprint density at radius 2 is 1.59 bits per heavy atom. The third-order valence-electron chi connectivity index (χ3n) is 3.98. The van der Waals surface area contributed by atoms with E-state index >= 15 is 0 Å². The summed E-state index contributed by atoms with van der Waals surface area (Å²) in [7, 11) is -2.35. The first-order valence-electron chi connectivity index (χ1n) is 8.17. The highest BCUT2D eigenvalue weighted by Crippen LogP contribution is 2.48. The summed E-state index contributed by atoms with van der Waals surface area (Å²) in [6.45, 7) is 0.793. The minimum Gasteiger partial charge on any atom is -0.404 e. The van der Waals surface area contributed by atoms with Crippen molar-refractivity contribution < 1.29 is 26.3 Å². The smallest absolute Gasteiger partial charge is 0.404 e. The molecule has 146 valence electrons. The fourth-order valence-corrected chi connectivity index (χ4v) is 4.68. The van der Waals surface area contributed by atoms with Crippen LogP contribution in [0.3, 0.4) is 0 Å². The lowest BCUT2D eigenvalue weighted by atomic mass is 10.2. The Hall–Kier alpha value is -2.46. The molecule has 0 bridgehead atoms. The summed E-state index contributed by atoms with van der Waals surface area (Å²) in [6.07, 6.45) is -4.40. The van der Waals surface area contributed by atoms with Gasteiger partial charge in [0, 0.05) is 6.54 Å². The molecule has 1 aliphatic rings. The second-order valence-electron chi connectivity index (χ2n) is 5.81. The van der Waals surface area contributed by atoms with Gasteiger partial charge in [-0.05, 0) is 44.3 Å². The van der Waals surface area contributed by atoms with Gasteiger partial charge in [-0.1, -0.05) is 24.3 Å². The van der Waals surface area contributed by atoms with Crippen LogP contribution in [0.1, 0.15) is 6.42 Å². The summed E-state index contributed by atoms with van der Waals surface area (Å²) in [6, 6.07) is 11.7. The molecule has 2 aromatic rings. The van der Waals surface area contributed by atoms with Gasteiger partial charge >= 0.3 is 16.6 Å². The zero-order chi connectivity index (χ0) is 19.7. The fraction of sp³-hybridized carbons (Fsp3) is 0.294. The van der Waals surface area contributed by atoms with Gasteiger partial charge in [-0.3, -0.25) is 4.31 Å². The maximum atomic E-state index is 13.2. The molecule has 2 aromatic carbocycles. The molecule has 10 heteroatoms. The van der Waals surface area contributed by atoms with E-state index < -0.39 is 22.3 Å². The standard InChI is InChI=1S/C17H18F3N3O3S/c1-21-11-6-12-22-13-7-2-3-8-14(13)23(27(22,24)25)15-9-4-5-10-16(15)26-17(18,19)20/h2-5,7-10,21H,6,11-12H2,1H3. The molecule has 3 rings (SSSR count). The first-order valence-corrected chi connectivity index (χ1v) is 9.57. The highest BCUT2D eigenvalue weighted by atomic mass is 32.2. The molecule has 0 unspecified atom stereocenters. The van der Waals surface area contributed by atoms with E-state index in [4.69, 9.17) is 0 Å². The first kappa shape index (κ1) is 19.3. The highest BCUT2D eigenvalue weighted by molar-refractivity contribution is 7.95. The Kier molecular flexibility index (Phi) is 5.20. The maximum absolute atomic E-state index is 13.2. The van der Waals surface area contributed by atoms with Crippen molar-refractivity contribution >= 4 is 27.3 Å². The summed E-state index contributed by atoms with van der Waals surface area (Å²) in [5, 5.41) is 2.94. The summed E-state index contributed by atoms with van der Waals surface area (Å²) in [5.74, 6) is -0.583. The van der Waals surface area contributed by atoms with E-state index in [-0.39, 0.29) is 17.9 Å². The van der Waals surface area contributed by atoms with Gasteiger partial charge < -0.3 is 10.1 Å². The Bertz CT molecular complexity index is 919. The van der Waals surface area contributed by atoms with E-state index in [2.05, 4.69) is 10.1 Å². The van der Waals surface area contributed by atoms with Crippen molar-refractivity contribution in [3.8, 4) is 5.75 Å². The number of nitrogens with one attached hydrogen (secondary N) is 1. The summed E-state index contributed by atoms with van der Waals surface area (Å²) in [4.78, 5) is 0. The molecule has 0 aromatic heterocycles. The van der Waals surface area contributed by atoms with Crippen LogP contribution in [-0.2, 0) is 10.2 Å². The molecule has 0 radical (unpaired) electrons. The number of alkyl halides is 3. The summed E-state index contributed by atoms with van der Waals surface area (Å²) < 4.78 is 70.8. The Morgan fingerprint density at radius 3 is 2.22 bits per heavy atom. The molecule has 0 atom stereocenters. The Morgan fingerprint density at radius 1 is 1.00 bits per heavy atom. The van der Waals surface area contributed by atoms with Crippen molar-refractivity contribution in [3.63, 3.8) is 0 Å². The van der Waals surface area contributed by atoms with Crippen molar-refractivity contribution in [2.45, 2.75) is 12.8 Å². The number of ether oxygens (including phenoxy) is 1. The van der Waals surface area contributed by atoms with E-state index in [1.54, 1.807) is 31.3 Å². The van der Waals surface area contributed by atoms with E-state index in [0.29, 0.717) is 18.7 Å². The van der Waals surface area contributed by atoms with Crippen LogP contribution >= 0.6 is 0 Å². The van der Waals surface area contributed by atoms with Crippen LogP contribution < -0.4 is 18.7 Å². The molecular weight excluding hydrogens is 383 g/mol. The molecular formula is C17H18F3N3O3S. The topological polar surface area (TPSA) is 61.9 Å². The molecule has 0 fully saturated rings. The predicted molar refractivity (Wildman–Crippen MR) is 96.5 cm³/mol. The second kappa shape index (κ2) is 7.28. The molecule has 1 N–H and O–H groups in total. The minimum absolute atomic E-state index is 0.193. The van der Waals surface area contributed by atoms with Gasteiger partial charge in [0.1, 0.15) is 5.69 Å². The van der Waals surface area contributed by atoms with Gasteiger partial charge in [-0.15, -0.1) is 13.2 Å². The summed E-state index contributed by atoms with van der Waals surface area (Å²) >= 11 is 0. The molecule has 6 nitrogen and oxygen atoms in total. The lowest BCUT2D eigenvalue weighted by molar-refractivity contribution is -0.274. The first-order chi connectivity index (χ1) is 12.8. The fourth-order valence-electron chi connectivity index (χ4n) is 2.92. The monoisotopic (exact) mass is 401 g/mol.